The number of amides is 2. The Hall–Kier alpha value is -1.15. The summed E-state index contributed by atoms with van der Waals surface area (Å²) < 4.78 is 0.738. The molecular formula is C22H36N4O2S2. The van der Waals surface area contributed by atoms with Gasteiger partial charge in [-0.05, 0) is 31.1 Å². The monoisotopic (exact) mass is 452 g/mol. The molecule has 0 aliphatic heterocycles. The number of carbonyl (C=O) groups excluding carboxylic acids is 2. The van der Waals surface area contributed by atoms with Gasteiger partial charge < -0.3 is 10.2 Å². The maximum atomic E-state index is 13.2. The molecule has 0 unspecified atom stereocenters. The number of aromatic nitrogens is 2. The summed E-state index contributed by atoms with van der Waals surface area (Å²) >= 11 is 2.80. The molecule has 2 amide bonds. The summed E-state index contributed by atoms with van der Waals surface area (Å²) in [6.45, 7) is 6.10. The summed E-state index contributed by atoms with van der Waals surface area (Å²) in [5.41, 5.74) is -0.0690. The summed E-state index contributed by atoms with van der Waals surface area (Å²) in [5, 5.41) is 11.6. The molecule has 0 bridgehead atoms. The first-order valence-electron chi connectivity index (χ1n) is 11.4. The topological polar surface area (TPSA) is 75.2 Å². The lowest BCUT2D eigenvalue weighted by Crippen LogP contribution is -2.49. The Bertz CT molecular complexity index is 686. The Morgan fingerprint density at radius 2 is 1.57 bits per heavy atom. The quantitative estimate of drug-likeness (QED) is 0.437. The van der Waals surface area contributed by atoms with E-state index in [1.165, 1.54) is 61.6 Å². The average molecular weight is 453 g/mol. The van der Waals surface area contributed by atoms with Crippen molar-refractivity contribution < 1.29 is 9.59 Å². The standard InChI is InChI=1S/C22H36N4O2S2/c1-22(2,3)14-18(27)23-20-24-25-21(30-20)29-15-19(28)26(16-10-6-4-7-11-16)17-12-8-5-9-13-17/h16-17H,4-15H2,1-3H3,(H,23,24,27). The van der Waals surface area contributed by atoms with Crippen LogP contribution in [0.25, 0.3) is 0 Å². The highest BCUT2D eigenvalue weighted by molar-refractivity contribution is 8.01. The predicted molar refractivity (Wildman–Crippen MR) is 124 cm³/mol. The van der Waals surface area contributed by atoms with Crippen LogP contribution in [0.3, 0.4) is 0 Å². The van der Waals surface area contributed by atoms with Crippen LogP contribution in [0.5, 0.6) is 0 Å². The van der Waals surface area contributed by atoms with Crippen LogP contribution in [-0.2, 0) is 9.59 Å². The van der Waals surface area contributed by atoms with Crippen molar-refractivity contribution >= 4 is 40.0 Å². The van der Waals surface area contributed by atoms with E-state index in [1.54, 1.807) is 0 Å². The Kier molecular flexibility index (Phi) is 8.57. The Labute approximate surface area is 189 Å². The van der Waals surface area contributed by atoms with Crippen LogP contribution in [0, 0.1) is 5.41 Å². The third-order valence-corrected chi connectivity index (χ3v) is 7.84. The molecule has 1 aromatic rings. The molecule has 0 spiro atoms. The molecule has 3 rings (SSSR count). The van der Waals surface area contributed by atoms with Gasteiger partial charge in [-0.25, -0.2) is 0 Å². The highest BCUT2D eigenvalue weighted by Gasteiger charge is 2.32. The number of nitrogens with zero attached hydrogens (tertiary/aromatic N) is 3. The zero-order valence-electron chi connectivity index (χ0n) is 18.6. The van der Waals surface area contributed by atoms with Crippen molar-refractivity contribution in [2.24, 2.45) is 5.41 Å². The fraction of sp³-hybridized carbons (Fsp3) is 0.818. The number of hydrogen-bond acceptors (Lipinski definition) is 6. The molecule has 0 aromatic carbocycles. The van der Waals surface area contributed by atoms with Gasteiger partial charge in [0.25, 0.3) is 0 Å². The van der Waals surface area contributed by atoms with Crippen LogP contribution in [0.2, 0.25) is 0 Å². The summed E-state index contributed by atoms with van der Waals surface area (Å²) in [6, 6.07) is 0.827. The molecule has 168 valence electrons. The molecule has 1 N–H and O–H groups in total. The van der Waals surface area contributed by atoms with Crippen LogP contribution in [0.1, 0.15) is 91.4 Å². The summed E-state index contributed by atoms with van der Waals surface area (Å²) in [5.74, 6) is 0.594. The molecule has 2 saturated carbocycles. The second kappa shape index (κ2) is 10.9. The fourth-order valence-electron chi connectivity index (χ4n) is 4.59. The molecule has 0 radical (unpaired) electrons. The first-order valence-corrected chi connectivity index (χ1v) is 13.2. The lowest BCUT2D eigenvalue weighted by Gasteiger charge is -2.41. The van der Waals surface area contributed by atoms with Gasteiger partial charge in [0.2, 0.25) is 16.9 Å². The largest absolute Gasteiger partial charge is 0.336 e. The minimum absolute atomic E-state index is 0.0490. The molecule has 6 nitrogen and oxygen atoms in total. The van der Waals surface area contributed by atoms with E-state index in [1.807, 2.05) is 20.8 Å². The van der Waals surface area contributed by atoms with Crippen molar-refractivity contribution in [2.75, 3.05) is 11.1 Å². The van der Waals surface area contributed by atoms with E-state index in [0.717, 1.165) is 30.0 Å². The van der Waals surface area contributed by atoms with Crippen LogP contribution in [0.15, 0.2) is 4.34 Å². The second-order valence-electron chi connectivity index (χ2n) is 9.83. The maximum absolute atomic E-state index is 13.2. The first-order chi connectivity index (χ1) is 14.3. The van der Waals surface area contributed by atoms with Crippen molar-refractivity contribution in [3.05, 3.63) is 0 Å². The molecule has 1 aromatic heterocycles. The van der Waals surface area contributed by atoms with Crippen LogP contribution < -0.4 is 5.32 Å². The molecule has 1 heterocycles. The van der Waals surface area contributed by atoms with Crippen LogP contribution >= 0.6 is 23.1 Å². The summed E-state index contributed by atoms with van der Waals surface area (Å²) in [7, 11) is 0. The Balaban J connectivity index is 1.55. The van der Waals surface area contributed by atoms with E-state index in [4.69, 9.17) is 0 Å². The third kappa shape index (κ3) is 7.22. The van der Waals surface area contributed by atoms with Crippen molar-refractivity contribution in [2.45, 2.75) is 108 Å². The zero-order valence-corrected chi connectivity index (χ0v) is 20.2. The number of anilines is 1. The SMILES string of the molecule is CC(C)(C)CC(=O)Nc1nnc(SCC(=O)N(C2CCCCC2)C2CCCCC2)s1. The summed E-state index contributed by atoms with van der Waals surface area (Å²) in [4.78, 5) is 27.6. The second-order valence-corrected chi connectivity index (χ2v) is 12.0. The zero-order chi connectivity index (χ0) is 21.6. The molecule has 2 fully saturated rings. The van der Waals surface area contributed by atoms with Gasteiger partial charge in [-0.2, -0.15) is 0 Å². The van der Waals surface area contributed by atoms with Crippen molar-refractivity contribution in [1.82, 2.24) is 15.1 Å². The van der Waals surface area contributed by atoms with E-state index < -0.39 is 0 Å². The smallest absolute Gasteiger partial charge is 0.233 e. The maximum Gasteiger partial charge on any atom is 0.233 e. The van der Waals surface area contributed by atoms with E-state index >= 15 is 0 Å². The van der Waals surface area contributed by atoms with Gasteiger partial charge in [0.05, 0.1) is 5.75 Å². The molecular weight excluding hydrogens is 416 g/mol. The number of thioether (sulfide) groups is 1. The molecule has 30 heavy (non-hydrogen) atoms. The highest BCUT2D eigenvalue weighted by Crippen LogP contribution is 2.32. The first kappa shape index (κ1) is 23.5. The van der Waals surface area contributed by atoms with Gasteiger partial charge in [-0.15, -0.1) is 10.2 Å². The van der Waals surface area contributed by atoms with E-state index in [0.29, 0.717) is 29.4 Å². The van der Waals surface area contributed by atoms with Gasteiger partial charge in [-0.1, -0.05) is 82.4 Å². The molecule has 2 aliphatic carbocycles. The van der Waals surface area contributed by atoms with Crippen molar-refractivity contribution in [3.8, 4) is 0 Å². The number of rotatable bonds is 7. The number of hydrogen-bond donors (Lipinski definition) is 1. The molecule has 0 saturated heterocycles. The predicted octanol–water partition coefficient (Wildman–Crippen LogP) is 5.50. The molecule has 8 heteroatoms. The number of nitrogens with one attached hydrogen (secondary N) is 1. The number of carbonyl (C=O) groups is 2. The lowest BCUT2D eigenvalue weighted by molar-refractivity contribution is -0.135. The van der Waals surface area contributed by atoms with Crippen molar-refractivity contribution in [1.29, 1.82) is 0 Å². The average Bonchev–Trinajstić information content (AvgIpc) is 3.14. The van der Waals surface area contributed by atoms with Gasteiger partial charge in [-0.3, -0.25) is 9.59 Å². The Morgan fingerprint density at radius 3 is 2.10 bits per heavy atom. The van der Waals surface area contributed by atoms with Crippen molar-refractivity contribution in [3.63, 3.8) is 0 Å². The van der Waals surface area contributed by atoms with Gasteiger partial charge in [0.1, 0.15) is 0 Å². The molecule has 2 aliphatic rings. The third-order valence-electron chi connectivity index (χ3n) is 5.89. The van der Waals surface area contributed by atoms with E-state index in [2.05, 4.69) is 20.4 Å². The van der Waals surface area contributed by atoms with Gasteiger partial charge in [0, 0.05) is 18.5 Å². The highest BCUT2D eigenvalue weighted by atomic mass is 32.2. The summed E-state index contributed by atoms with van der Waals surface area (Å²) in [6.07, 6.45) is 12.6. The van der Waals surface area contributed by atoms with E-state index in [-0.39, 0.29) is 17.2 Å². The van der Waals surface area contributed by atoms with E-state index in [9.17, 15) is 9.59 Å². The van der Waals surface area contributed by atoms with Crippen LogP contribution in [-0.4, -0.2) is 44.7 Å². The van der Waals surface area contributed by atoms with Gasteiger partial charge in [0.15, 0.2) is 4.34 Å². The minimum Gasteiger partial charge on any atom is -0.336 e. The minimum atomic E-state index is -0.0690. The Morgan fingerprint density at radius 1 is 1.00 bits per heavy atom. The lowest BCUT2D eigenvalue weighted by atomic mass is 9.88. The van der Waals surface area contributed by atoms with Crippen LogP contribution in [0.4, 0.5) is 5.13 Å². The van der Waals surface area contributed by atoms with Gasteiger partial charge >= 0.3 is 0 Å². The fourth-order valence-corrected chi connectivity index (χ4v) is 6.22. The molecule has 0 atom stereocenters. The normalized spacial score (nSPS) is 18.9.